The maximum atomic E-state index is 9.47. The largest absolute Gasteiger partial charge is 0.192 e. The maximum absolute atomic E-state index is 9.47. The molecule has 0 aromatic heterocycles. The number of nitrogens with zero attached hydrogens (tertiary/aromatic N) is 2. The van der Waals surface area contributed by atoms with Crippen LogP contribution in [0, 0.1) is 22.7 Å². The van der Waals surface area contributed by atoms with Crippen molar-refractivity contribution in [2.24, 2.45) is 0 Å². The van der Waals surface area contributed by atoms with Crippen LogP contribution in [0.15, 0.2) is 72.8 Å². The minimum absolute atomic E-state index is 0.421. The Hall–Kier alpha value is -3.88. The van der Waals surface area contributed by atoms with Crippen molar-refractivity contribution < 1.29 is 0 Å². The van der Waals surface area contributed by atoms with Crippen LogP contribution < -0.4 is 0 Å². The molecule has 0 N–H and O–H groups in total. The topological polar surface area (TPSA) is 47.6 Å². The number of fused-ring (bicyclic) bond motifs is 7. The predicted octanol–water partition coefficient (Wildman–Crippen LogP) is 6.04. The number of rotatable bonds is 0. The van der Waals surface area contributed by atoms with Crippen LogP contribution in [0.2, 0.25) is 0 Å². The quantitative estimate of drug-likeness (QED) is 0.257. The first kappa shape index (κ1) is 14.5. The molecule has 0 aliphatic heterocycles. The van der Waals surface area contributed by atoms with E-state index in [0.717, 1.165) is 26.9 Å². The molecule has 0 fully saturated rings. The molecule has 5 aromatic rings. The molecule has 0 radical (unpaired) electrons. The lowest BCUT2D eigenvalue weighted by atomic mass is 9.90. The molecule has 0 saturated carbocycles. The highest BCUT2D eigenvalue weighted by Gasteiger charge is 2.12. The van der Waals surface area contributed by atoms with Gasteiger partial charge in [-0.25, -0.2) is 0 Å². The Kier molecular flexibility index (Phi) is 2.95. The average molecular weight is 328 g/mol. The number of hydrogen-bond donors (Lipinski definition) is 0. The minimum Gasteiger partial charge on any atom is -0.192 e. The molecule has 0 aliphatic carbocycles. The second-order valence-corrected chi connectivity index (χ2v) is 6.46. The summed E-state index contributed by atoms with van der Waals surface area (Å²) in [7, 11) is 0. The van der Waals surface area contributed by atoms with Crippen molar-refractivity contribution >= 4 is 43.1 Å². The summed E-state index contributed by atoms with van der Waals surface area (Å²) in [4.78, 5) is 0. The van der Waals surface area contributed by atoms with Gasteiger partial charge in [0.15, 0.2) is 0 Å². The Balaban J connectivity index is 2.14. The molecule has 0 heterocycles. The first-order valence-electron chi connectivity index (χ1n) is 8.41. The standard InChI is InChI=1S/C24H12N2/c25-13-17-11-22-20-8-4-3-7-19(20)21-9-15-5-1-2-6-16(15)10-23(21)24(22)12-18(17)14-26/h1-12H. The summed E-state index contributed by atoms with van der Waals surface area (Å²) < 4.78 is 0. The highest BCUT2D eigenvalue weighted by atomic mass is 14.3. The van der Waals surface area contributed by atoms with E-state index in [0.29, 0.717) is 11.1 Å². The third-order valence-electron chi connectivity index (χ3n) is 5.08. The number of benzene rings is 5. The highest BCUT2D eigenvalue weighted by Crippen LogP contribution is 2.38. The van der Waals surface area contributed by atoms with Gasteiger partial charge >= 0.3 is 0 Å². The normalized spacial score (nSPS) is 11.0. The summed E-state index contributed by atoms with van der Waals surface area (Å²) in [5.74, 6) is 0. The van der Waals surface area contributed by atoms with E-state index in [9.17, 15) is 10.5 Å². The molecular formula is C24H12N2. The van der Waals surface area contributed by atoms with Crippen LogP contribution in [0.5, 0.6) is 0 Å². The zero-order valence-corrected chi connectivity index (χ0v) is 13.8. The Labute approximate surface area is 150 Å². The molecule has 0 atom stereocenters. The van der Waals surface area contributed by atoms with Crippen LogP contribution in [0.25, 0.3) is 43.1 Å². The van der Waals surface area contributed by atoms with E-state index in [-0.39, 0.29) is 0 Å². The molecular weight excluding hydrogens is 316 g/mol. The van der Waals surface area contributed by atoms with E-state index in [1.54, 1.807) is 0 Å². The number of hydrogen-bond acceptors (Lipinski definition) is 2. The van der Waals surface area contributed by atoms with Gasteiger partial charge in [0, 0.05) is 0 Å². The van der Waals surface area contributed by atoms with Gasteiger partial charge in [-0.2, -0.15) is 10.5 Å². The summed E-state index contributed by atoms with van der Waals surface area (Å²) in [5.41, 5.74) is 0.843. The van der Waals surface area contributed by atoms with Gasteiger partial charge in [0.25, 0.3) is 0 Å². The minimum atomic E-state index is 0.421. The van der Waals surface area contributed by atoms with Crippen molar-refractivity contribution in [3.63, 3.8) is 0 Å². The lowest BCUT2D eigenvalue weighted by Gasteiger charge is -2.12. The molecule has 0 unspecified atom stereocenters. The molecule has 5 rings (SSSR count). The fraction of sp³-hybridized carbons (Fsp3) is 0. The molecule has 0 aliphatic rings. The van der Waals surface area contributed by atoms with E-state index in [1.165, 1.54) is 16.2 Å². The molecule has 0 saturated heterocycles. The van der Waals surface area contributed by atoms with Gasteiger partial charge in [-0.1, -0.05) is 48.5 Å². The van der Waals surface area contributed by atoms with Gasteiger partial charge in [0.2, 0.25) is 0 Å². The summed E-state index contributed by atoms with van der Waals surface area (Å²) in [6, 6.07) is 29.0. The van der Waals surface area contributed by atoms with Crippen molar-refractivity contribution in [3.05, 3.63) is 83.9 Å². The van der Waals surface area contributed by atoms with Gasteiger partial charge in [-0.3, -0.25) is 0 Å². The summed E-state index contributed by atoms with van der Waals surface area (Å²) >= 11 is 0. The van der Waals surface area contributed by atoms with Crippen LogP contribution in [0.3, 0.4) is 0 Å². The third kappa shape index (κ3) is 1.91. The van der Waals surface area contributed by atoms with Gasteiger partial charge in [0.05, 0.1) is 11.1 Å². The predicted molar refractivity (Wildman–Crippen MR) is 106 cm³/mol. The fourth-order valence-corrected chi connectivity index (χ4v) is 3.87. The smallest absolute Gasteiger partial charge is 0.101 e. The zero-order valence-electron chi connectivity index (χ0n) is 13.8. The van der Waals surface area contributed by atoms with Crippen LogP contribution in [-0.4, -0.2) is 0 Å². The van der Waals surface area contributed by atoms with Crippen molar-refractivity contribution in [1.82, 2.24) is 0 Å². The first-order chi connectivity index (χ1) is 12.8. The van der Waals surface area contributed by atoms with E-state index < -0.39 is 0 Å². The van der Waals surface area contributed by atoms with Crippen molar-refractivity contribution in [2.75, 3.05) is 0 Å². The molecule has 5 aromatic carbocycles. The molecule has 0 bridgehead atoms. The van der Waals surface area contributed by atoms with Crippen LogP contribution in [0.1, 0.15) is 11.1 Å². The zero-order chi connectivity index (χ0) is 17.7. The van der Waals surface area contributed by atoms with E-state index in [2.05, 4.69) is 48.5 Å². The monoisotopic (exact) mass is 328 g/mol. The van der Waals surface area contributed by atoms with Crippen LogP contribution in [0.4, 0.5) is 0 Å². The number of nitriles is 2. The molecule has 0 amide bonds. The Bertz CT molecular complexity index is 1450. The van der Waals surface area contributed by atoms with Crippen LogP contribution >= 0.6 is 0 Å². The molecule has 2 nitrogen and oxygen atoms in total. The van der Waals surface area contributed by atoms with Gasteiger partial charge in [-0.05, 0) is 67.4 Å². The SMILES string of the molecule is N#Cc1cc2c3ccccc3c3cc4ccccc4cc3c2cc1C#N. The van der Waals surface area contributed by atoms with Crippen molar-refractivity contribution in [3.8, 4) is 12.1 Å². The van der Waals surface area contributed by atoms with E-state index >= 15 is 0 Å². The van der Waals surface area contributed by atoms with Crippen molar-refractivity contribution in [1.29, 1.82) is 10.5 Å². The van der Waals surface area contributed by atoms with Gasteiger partial charge < -0.3 is 0 Å². The summed E-state index contributed by atoms with van der Waals surface area (Å²) in [5, 5.41) is 27.8. The highest BCUT2D eigenvalue weighted by molar-refractivity contribution is 6.27. The Morgan fingerprint density at radius 3 is 1.35 bits per heavy atom. The second-order valence-electron chi connectivity index (χ2n) is 6.46. The Morgan fingerprint density at radius 2 is 0.846 bits per heavy atom. The van der Waals surface area contributed by atoms with Crippen molar-refractivity contribution in [2.45, 2.75) is 0 Å². The summed E-state index contributed by atoms with van der Waals surface area (Å²) in [6.07, 6.45) is 0. The lowest BCUT2D eigenvalue weighted by Crippen LogP contribution is -1.89. The fourth-order valence-electron chi connectivity index (χ4n) is 3.87. The third-order valence-corrected chi connectivity index (χ3v) is 5.08. The van der Waals surface area contributed by atoms with Gasteiger partial charge in [0.1, 0.15) is 12.1 Å². The average Bonchev–Trinajstić information content (AvgIpc) is 2.71. The molecule has 118 valence electrons. The maximum Gasteiger partial charge on any atom is 0.101 e. The molecule has 2 heteroatoms. The van der Waals surface area contributed by atoms with E-state index in [4.69, 9.17) is 0 Å². The van der Waals surface area contributed by atoms with Crippen LogP contribution in [-0.2, 0) is 0 Å². The molecule has 0 spiro atoms. The Morgan fingerprint density at radius 1 is 0.462 bits per heavy atom. The van der Waals surface area contributed by atoms with Gasteiger partial charge in [-0.15, -0.1) is 0 Å². The summed E-state index contributed by atoms with van der Waals surface area (Å²) in [6.45, 7) is 0. The lowest BCUT2D eigenvalue weighted by molar-refractivity contribution is 1.45. The van der Waals surface area contributed by atoms with E-state index in [1.807, 2.05) is 36.4 Å². The molecule has 26 heavy (non-hydrogen) atoms. The first-order valence-corrected chi connectivity index (χ1v) is 8.41. The second kappa shape index (κ2) is 5.31.